The Morgan fingerprint density at radius 3 is 2.80 bits per heavy atom. The molecule has 0 aliphatic rings. The van der Waals surface area contributed by atoms with Crippen molar-refractivity contribution in [3.8, 4) is 0 Å². The Morgan fingerprint density at radius 1 is 1.73 bits per heavy atom. The fourth-order valence-electron chi connectivity index (χ4n) is 1.39. The molecule has 4 nitrogen and oxygen atoms in total. The highest BCUT2D eigenvalue weighted by molar-refractivity contribution is 8.01. The molecule has 0 aliphatic carbocycles. The molecule has 84 valence electrons. The lowest BCUT2D eigenvalue weighted by atomic mass is 10.1. The molecule has 1 unspecified atom stereocenters. The van der Waals surface area contributed by atoms with E-state index in [9.17, 15) is 9.90 Å². The summed E-state index contributed by atoms with van der Waals surface area (Å²) in [5.74, 6) is -0.766. The van der Waals surface area contributed by atoms with Crippen molar-refractivity contribution >= 4 is 17.7 Å². The van der Waals surface area contributed by atoms with Gasteiger partial charge in [-0.05, 0) is 13.3 Å². The van der Waals surface area contributed by atoms with E-state index >= 15 is 0 Å². The molecule has 0 fully saturated rings. The first-order valence-corrected chi connectivity index (χ1v) is 5.70. The first-order chi connectivity index (χ1) is 6.98. The lowest BCUT2D eigenvalue weighted by Crippen LogP contribution is -2.30. The van der Waals surface area contributed by atoms with Crippen LogP contribution in [0.1, 0.15) is 26.7 Å². The maximum Gasteiger partial charge on any atom is 0.319 e. The number of aliphatic carboxylic acids is 1. The molecule has 0 bridgehead atoms. The van der Waals surface area contributed by atoms with E-state index in [2.05, 4.69) is 5.10 Å². The van der Waals surface area contributed by atoms with Crippen LogP contribution in [0, 0.1) is 0 Å². The van der Waals surface area contributed by atoms with Gasteiger partial charge < -0.3 is 5.11 Å². The first-order valence-electron chi connectivity index (χ1n) is 4.89. The summed E-state index contributed by atoms with van der Waals surface area (Å²) in [5.41, 5.74) is 0. The second-order valence-corrected chi connectivity index (χ2v) is 5.31. The number of thioether (sulfide) groups is 1. The largest absolute Gasteiger partial charge is 0.480 e. The maximum atomic E-state index is 11.2. The molecule has 1 N–H and O–H groups in total. The van der Waals surface area contributed by atoms with Crippen molar-refractivity contribution in [2.75, 3.05) is 0 Å². The molecule has 0 saturated carbocycles. The minimum Gasteiger partial charge on any atom is -0.480 e. The van der Waals surface area contributed by atoms with Crippen LogP contribution in [0.2, 0.25) is 0 Å². The molecule has 1 heterocycles. The Labute approximate surface area is 93.7 Å². The van der Waals surface area contributed by atoms with Crippen LogP contribution in [-0.4, -0.2) is 25.6 Å². The molecule has 15 heavy (non-hydrogen) atoms. The van der Waals surface area contributed by atoms with Gasteiger partial charge in [0.15, 0.2) is 0 Å². The monoisotopic (exact) mass is 228 g/mol. The Balaban J connectivity index is 2.79. The summed E-state index contributed by atoms with van der Waals surface area (Å²) in [6.45, 7) is 3.75. The van der Waals surface area contributed by atoms with Crippen molar-refractivity contribution < 1.29 is 9.90 Å². The van der Waals surface area contributed by atoms with E-state index in [0.717, 1.165) is 11.3 Å². The molecule has 5 heteroatoms. The van der Waals surface area contributed by atoms with E-state index < -0.39 is 10.7 Å². The van der Waals surface area contributed by atoms with Gasteiger partial charge in [0.1, 0.15) is 4.75 Å². The smallest absolute Gasteiger partial charge is 0.319 e. The second kappa shape index (κ2) is 4.70. The highest BCUT2D eigenvalue weighted by Crippen LogP contribution is 2.36. The van der Waals surface area contributed by atoms with Gasteiger partial charge in [-0.15, -0.1) is 11.8 Å². The van der Waals surface area contributed by atoms with Crippen LogP contribution in [0.25, 0.3) is 0 Å². The third-order valence-corrected chi connectivity index (χ3v) is 3.48. The van der Waals surface area contributed by atoms with Gasteiger partial charge in [-0.1, -0.05) is 13.3 Å². The van der Waals surface area contributed by atoms with Crippen molar-refractivity contribution in [1.29, 1.82) is 0 Å². The minimum atomic E-state index is -0.766. The molecule has 1 aromatic heterocycles. The minimum absolute atomic E-state index is 0.655. The summed E-state index contributed by atoms with van der Waals surface area (Å²) >= 11 is 1.36. The first kappa shape index (κ1) is 12.1. The predicted molar refractivity (Wildman–Crippen MR) is 60.0 cm³/mol. The van der Waals surface area contributed by atoms with E-state index in [0.29, 0.717) is 6.42 Å². The fraction of sp³-hybridized carbons (Fsp3) is 0.600. The third kappa shape index (κ3) is 2.99. The van der Waals surface area contributed by atoms with Crippen LogP contribution in [0.15, 0.2) is 17.3 Å². The van der Waals surface area contributed by atoms with Crippen LogP contribution < -0.4 is 0 Å². The number of hydrogen-bond acceptors (Lipinski definition) is 3. The zero-order valence-electron chi connectivity index (χ0n) is 9.23. The number of aryl methyl sites for hydroxylation is 1. The van der Waals surface area contributed by atoms with E-state index in [1.807, 2.05) is 20.2 Å². The van der Waals surface area contributed by atoms with Gasteiger partial charge in [-0.2, -0.15) is 5.10 Å². The molecule has 0 radical (unpaired) electrons. The van der Waals surface area contributed by atoms with E-state index in [1.165, 1.54) is 11.8 Å². The summed E-state index contributed by atoms with van der Waals surface area (Å²) in [7, 11) is 1.82. The summed E-state index contributed by atoms with van der Waals surface area (Å²) in [5, 5.41) is 13.2. The molecule has 0 amide bonds. The lowest BCUT2D eigenvalue weighted by Gasteiger charge is -2.22. The van der Waals surface area contributed by atoms with Crippen molar-refractivity contribution in [3.63, 3.8) is 0 Å². The van der Waals surface area contributed by atoms with Crippen LogP contribution in [0.5, 0.6) is 0 Å². The molecule has 1 atom stereocenters. The van der Waals surface area contributed by atoms with Gasteiger partial charge in [0.05, 0.1) is 6.20 Å². The van der Waals surface area contributed by atoms with E-state index in [4.69, 9.17) is 0 Å². The predicted octanol–water partition coefficient (Wildman–Crippen LogP) is 2.16. The highest BCUT2D eigenvalue weighted by atomic mass is 32.2. The zero-order chi connectivity index (χ0) is 11.5. The van der Waals surface area contributed by atoms with Crippen LogP contribution in [0.4, 0.5) is 0 Å². The molecule has 1 rings (SSSR count). The number of nitrogens with zero attached hydrogens (tertiary/aromatic N) is 2. The van der Waals surface area contributed by atoms with Crippen LogP contribution in [-0.2, 0) is 11.8 Å². The topological polar surface area (TPSA) is 55.1 Å². The Kier molecular flexibility index (Phi) is 3.79. The normalized spacial score (nSPS) is 14.9. The molecule has 0 saturated heterocycles. The van der Waals surface area contributed by atoms with E-state index in [-0.39, 0.29) is 0 Å². The van der Waals surface area contributed by atoms with Crippen LogP contribution >= 0.6 is 11.8 Å². The molecule has 0 aromatic carbocycles. The Hall–Kier alpha value is -0.970. The van der Waals surface area contributed by atoms with Crippen molar-refractivity contribution in [2.45, 2.75) is 36.3 Å². The van der Waals surface area contributed by atoms with Gasteiger partial charge in [0.25, 0.3) is 0 Å². The molecule has 0 aliphatic heterocycles. The van der Waals surface area contributed by atoms with Gasteiger partial charge in [-0.25, -0.2) is 0 Å². The quantitative estimate of drug-likeness (QED) is 0.785. The molecular formula is C10H16N2O2S. The number of carboxylic acid groups (broad SMARTS) is 1. The number of carbonyl (C=O) groups is 1. The molecular weight excluding hydrogens is 212 g/mol. The highest BCUT2D eigenvalue weighted by Gasteiger charge is 2.33. The molecule has 1 aromatic rings. The number of hydrogen-bond donors (Lipinski definition) is 1. The summed E-state index contributed by atoms with van der Waals surface area (Å²) in [6.07, 6.45) is 5.04. The van der Waals surface area contributed by atoms with Gasteiger partial charge in [-0.3, -0.25) is 9.48 Å². The summed E-state index contributed by atoms with van der Waals surface area (Å²) in [4.78, 5) is 12.1. The number of aromatic nitrogens is 2. The van der Waals surface area contributed by atoms with E-state index in [1.54, 1.807) is 17.8 Å². The second-order valence-electron chi connectivity index (χ2n) is 3.74. The average Bonchev–Trinajstić information content (AvgIpc) is 2.51. The Bertz CT molecular complexity index is 351. The zero-order valence-corrected chi connectivity index (χ0v) is 10.0. The Morgan fingerprint density at radius 2 is 2.40 bits per heavy atom. The summed E-state index contributed by atoms with van der Waals surface area (Å²) in [6, 6.07) is 0. The van der Waals surface area contributed by atoms with Gasteiger partial charge >= 0.3 is 5.97 Å². The van der Waals surface area contributed by atoms with Gasteiger partial charge in [0, 0.05) is 18.1 Å². The van der Waals surface area contributed by atoms with Crippen molar-refractivity contribution in [1.82, 2.24) is 9.78 Å². The van der Waals surface area contributed by atoms with Crippen molar-refractivity contribution in [3.05, 3.63) is 12.4 Å². The average molecular weight is 228 g/mol. The maximum absolute atomic E-state index is 11.2. The fourth-order valence-corrected chi connectivity index (χ4v) is 2.61. The molecule has 0 spiro atoms. The lowest BCUT2D eigenvalue weighted by molar-refractivity contribution is -0.139. The van der Waals surface area contributed by atoms with Crippen LogP contribution in [0.3, 0.4) is 0 Å². The standard InChI is InChI=1S/C10H16N2O2S/c1-4-5-10(2,9(13)14)15-8-6-11-12(3)7-8/h6-7H,4-5H2,1-3H3,(H,13,14). The van der Waals surface area contributed by atoms with Gasteiger partial charge in [0.2, 0.25) is 0 Å². The SMILES string of the molecule is CCCC(C)(Sc1cnn(C)c1)C(=O)O. The summed E-state index contributed by atoms with van der Waals surface area (Å²) < 4.78 is 0.925. The number of carboxylic acids is 1. The van der Waals surface area contributed by atoms with Crippen molar-refractivity contribution in [2.24, 2.45) is 7.05 Å². The number of rotatable bonds is 5. The third-order valence-electron chi connectivity index (χ3n) is 2.20.